The van der Waals surface area contributed by atoms with E-state index in [0.717, 1.165) is 23.5 Å². The maximum absolute atomic E-state index is 15.5. The lowest BCUT2D eigenvalue weighted by Crippen LogP contribution is -2.36. The number of carboxylic acid groups (broad SMARTS) is 1. The van der Waals surface area contributed by atoms with Gasteiger partial charge in [-0.2, -0.15) is 9.49 Å². The van der Waals surface area contributed by atoms with E-state index < -0.39 is 44.0 Å². The molecule has 5 aromatic rings. The molecule has 228 valence electrons. The molecule has 16 heteroatoms. The molecule has 1 amide bonds. The monoisotopic (exact) mass is 660 g/mol. The lowest BCUT2D eigenvalue weighted by Gasteiger charge is -2.19. The van der Waals surface area contributed by atoms with Crippen LogP contribution in [0.3, 0.4) is 0 Å². The summed E-state index contributed by atoms with van der Waals surface area (Å²) in [6.07, 6.45) is 4.01. The van der Waals surface area contributed by atoms with Gasteiger partial charge < -0.3 is 9.84 Å². The van der Waals surface area contributed by atoms with Crippen molar-refractivity contribution < 1.29 is 31.8 Å². The van der Waals surface area contributed by atoms with Gasteiger partial charge in [-0.15, -0.1) is 15.6 Å². The van der Waals surface area contributed by atoms with Crippen LogP contribution in [0.5, 0.6) is 11.5 Å². The zero-order chi connectivity index (χ0) is 32.0. The number of hydrogen-bond donors (Lipinski definition) is 1. The summed E-state index contributed by atoms with van der Waals surface area (Å²) in [6, 6.07) is 5.83. The number of aromatic nitrogens is 5. The van der Waals surface area contributed by atoms with Crippen molar-refractivity contribution in [3.63, 3.8) is 0 Å². The molecule has 0 saturated carbocycles. The number of thiazole rings is 1. The normalized spacial score (nSPS) is 11.9. The van der Waals surface area contributed by atoms with E-state index in [1.807, 2.05) is 20.8 Å². The minimum Gasteiger partial charge on any atom is -0.464 e. The van der Waals surface area contributed by atoms with Gasteiger partial charge in [0.25, 0.3) is 10.0 Å². The van der Waals surface area contributed by atoms with Gasteiger partial charge in [-0.3, -0.25) is 9.67 Å². The zero-order valence-electron chi connectivity index (χ0n) is 23.5. The fourth-order valence-corrected chi connectivity index (χ4v) is 6.55. The first-order valence-electron chi connectivity index (χ1n) is 12.7. The number of pyridine rings is 2. The van der Waals surface area contributed by atoms with E-state index >= 15 is 4.39 Å². The minimum absolute atomic E-state index is 0.00146. The molecule has 0 fully saturated rings. The third-order valence-corrected chi connectivity index (χ3v) is 9.39. The Morgan fingerprint density at radius 3 is 2.41 bits per heavy atom. The number of rotatable bonds is 7. The highest BCUT2D eigenvalue weighted by Crippen LogP contribution is 2.40. The maximum atomic E-state index is 15.5. The molecule has 0 atom stereocenters. The molecular formula is C28H23ClF2N6O5S2. The molecule has 1 N–H and O–H groups in total. The van der Waals surface area contributed by atoms with Crippen LogP contribution in [0.4, 0.5) is 19.4 Å². The van der Waals surface area contributed by atoms with Gasteiger partial charge in [0.15, 0.2) is 11.6 Å². The van der Waals surface area contributed by atoms with Crippen molar-refractivity contribution in [1.82, 2.24) is 24.7 Å². The van der Waals surface area contributed by atoms with E-state index in [2.05, 4.69) is 20.1 Å². The summed E-state index contributed by atoms with van der Waals surface area (Å²) >= 11 is 7.45. The highest BCUT2D eigenvalue weighted by Gasteiger charge is 2.36. The van der Waals surface area contributed by atoms with E-state index in [9.17, 15) is 22.7 Å². The number of aryl methyl sites for hydroxylation is 1. The van der Waals surface area contributed by atoms with Crippen molar-refractivity contribution in [2.75, 3.05) is 4.31 Å². The Bertz CT molecular complexity index is 1990. The van der Waals surface area contributed by atoms with Crippen molar-refractivity contribution in [1.29, 1.82) is 0 Å². The molecule has 4 aromatic heterocycles. The number of anilines is 1. The maximum Gasteiger partial charge on any atom is 0.427 e. The third-order valence-electron chi connectivity index (χ3n) is 6.15. The van der Waals surface area contributed by atoms with Gasteiger partial charge in [-0.25, -0.2) is 27.6 Å². The van der Waals surface area contributed by atoms with Crippen LogP contribution in [0.25, 0.3) is 22.4 Å². The van der Waals surface area contributed by atoms with Crippen LogP contribution in [0.2, 0.25) is 5.02 Å². The third kappa shape index (κ3) is 6.11. The van der Waals surface area contributed by atoms with Gasteiger partial charge in [0.2, 0.25) is 5.95 Å². The number of carbonyl (C=O) groups is 1. The van der Waals surface area contributed by atoms with Crippen LogP contribution < -0.4 is 9.04 Å². The van der Waals surface area contributed by atoms with Crippen LogP contribution >= 0.6 is 22.9 Å². The standard InChI is InChI=1S/C28H23ClF2N6O5S2/c1-28(2,3)26-35-25(14-43-26)37(27(38)39)44(40,41)23-8-18(29)21(9-19(23)30)42-22-12-32-20(15-5-6-24(31)33-10-15)7-17(22)16-11-34-36(4)13-16/h5-14H,1-4H3,(H,38,39). The quantitative estimate of drug-likeness (QED) is 0.185. The number of ether oxygens (including phenoxy) is 1. The molecule has 11 nitrogen and oxygen atoms in total. The van der Waals surface area contributed by atoms with E-state index in [4.69, 9.17) is 16.3 Å². The van der Waals surface area contributed by atoms with Gasteiger partial charge >= 0.3 is 6.09 Å². The summed E-state index contributed by atoms with van der Waals surface area (Å²) in [5.74, 6) is -2.52. The predicted molar refractivity (Wildman–Crippen MR) is 160 cm³/mol. The number of benzene rings is 1. The molecular weight excluding hydrogens is 638 g/mol. The summed E-state index contributed by atoms with van der Waals surface area (Å²) in [4.78, 5) is 23.3. The van der Waals surface area contributed by atoms with E-state index in [0.29, 0.717) is 27.4 Å². The highest BCUT2D eigenvalue weighted by molar-refractivity contribution is 7.93. The topological polar surface area (TPSA) is 140 Å². The average Bonchev–Trinajstić information content (AvgIpc) is 3.60. The molecule has 0 spiro atoms. The van der Waals surface area contributed by atoms with Crippen LogP contribution in [-0.2, 0) is 22.5 Å². The van der Waals surface area contributed by atoms with Crippen LogP contribution in [0.1, 0.15) is 25.8 Å². The zero-order valence-corrected chi connectivity index (χ0v) is 25.9. The first-order chi connectivity index (χ1) is 20.6. The molecule has 0 aliphatic carbocycles. The first kappa shape index (κ1) is 31.0. The van der Waals surface area contributed by atoms with Crippen molar-refractivity contribution >= 4 is 44.9 Å². The second-order valence-corrected chi connectivity index (χ2v) is 13.5. The molecule has 5 rings (SSSR count). The van der Waals surface area contributed by atoms with Crippen LogP contribution in [-0.4, -0.2) is 44.3 Å². The SMILES string of the molecule is Cn1cc(-c2cc(-c3ccc(F)nc3)ncc2Oc2cc(F)c(S(=O)(=O)N(C(=O)O)c3csc(C(C)(C)C)n3)cc2Cl)cn1. The summed E-state index contributed by atoms with van der Waals surface area (Å²) < 4.78 is 63.2. The van der Waals surface area contributed by atoms with Crippen LogP contribution in [0, 0.1) is 11.8 Å². The van der Waals surface area contributed by atoms with Crippen molar-refractivity contribution in [3.8, 4) is 33.9 Å². The van der Waals surface area contributed by atoms with Crippen molar-refractivity contribution in [2.45, 2.75) is 31.1 Å². The smallest absolute Gasteiger partial charge is 0.427 e. The molecule has 0 aliphatic rings. The van der Waals surface area contributed by atoms with Gasteiger partial charge in [0, 0.05) is 53.0 Å². The summed E-state index contributed by atoms with van der Waals surface area (Å²) in [6.45, 7) is 5.49. The van der Waals surface area contributed by atoms with Crippen molar-refractivity contribution in [3.05, 3.63) is 82.3 Å². The fourth-order valence-electron chi connectivity index (χ4n) is 4.03. The van der Waals surface area contributed by atoms with Crippen molar-refractivity contribution in [2.24, 2.45) is 7.05 Å². The van der Waals surface area contributed by atoms with Gasteiger partial charge in [-0.1, -0.05) is 32.4 Å². The Morgan fingerprint density at radius 2 is 1.82 bits per heavy atom. The molecule has 0 radical (unpaired) electrons. The Kier molecular flexibility index (Phi) is 8.13. The van der Waals surface area contributed by atoms with Crippen LogP contribution in [0.15, 0.2) is 65.4 Å². The predicted octanol–water partition coefficient (Wildman–Crippen LogP) is 6.90. The molecule has 44 heavy (non-hydrogen) atoms. The minimum atomic E-state index is -5.01. The largest absolute Gasteiger partial charge is 0.464 e. The fraction of sp³-hybridized carbons (Fsp3) is 0.179. The second-order valence-electron chi connectivity index (χ2n) is 10.5. The molecule has 4 heterocycles. The van der Waals surface area contributed by atoms with E-state index in [1.54, 1.807) is 30.2 Å². The lowest BCUT2D eigenvalue weighted by atomic mass is 9.98. The first-order valence-corrected chi connectivity index (χ1v) is 15.4. The summed E-state index contributed by atoms with van der Waals surface area (Å²) in [5.41, 5.74) is 1.50. The Labute approximate surface area is 259 Å². The number of hydrogen-bond acceptors (Lipinski definition) is 9. The number of sulfonamides is 1. The molecule has 0 bridgehead atoms. The number of halogens is 3. The molecule has 0 saturated heterocycles. The van der Waals surface area contributed by atoms with E-state index in [-0.39, 0.29) is 20.8 Å². The second kappa shape index (κ2) is 11.6. The Balaban J connectivity index is 1.53. The Morgan fingerprint density at radius 1 is 1.07 bits per heavy atom. The summed E-state index contributed by atoms with van der Waals surface area (Å²) in [7, 11) is -3.30. The average molecular weight is 661 g/mol. The van der Waals surface area contributed by atoms with E-state index in [1.165, 1.54) is 29.9 Å². The lowest BCUT2D eigenvalue weighted by molar-refractivity contribution is 0.206. The molecule has 1 aromatic carbocycles. The highest BCUT2D eigenvalue weighted by atomic mass is 35.5. The summed E-state index contributed by atoms with van der Waals surface area (Å²) in [5, 5.41) is 15.4. The Hall–Kier alpha value is -4.47. The van der Waals surface area contributed by atoms with Gasteiger partial charge in [-0.05, 0) is 24.3 Å². The molecule has 0 aliphatic heterocycles. The van der Waals surface area contributed by atoms with Gasteiger partial charge in [0.1, 0.15) is 21.5 Å². The number of amides is 1. The van der Waals surface area contributed by atoms with Gasteiger partial charge in [0.05, 0.1) is 23.1 Å². The number of nitrogens with zero attached hydrogens (tertiary/aromatic N) is 6. The molecule has 0 unspecified atom stereocenters.